The molecule has 0 unspecified atom stereocenters. The van der Waals surface area contributed by atoms with Crippen molar-refractivity contribution in [3.05, 3.63) is 70.9 Å². The number of imidazole rings is 1. The summed E-state index contributed by atoms with van der Waals surface area (Å²) in [5.41, 5.74) is 7.07. The molecule has 3 heterocycles. The number of fused-ring (bicyclic) bond motifs is 1. The summed E-state index contributed by atoms with van der Waals surface area (Å²) >= 11 is 6.46. The fourth-order valence-corrected chi connectivity index (χ4v) is 4.38. The highest BCUT2D eigenvalue weighted by Crippen LogP contribution is 2.39. The van der Waals surface area contributed by atoms with Gasteiger partial charge in [-0.25, -0.2) is 4.98 Å². The summed E-state index contributed by atoms with van der Waals surface area (Å²) in [6, 6.07) is 10.1. The zero-order valence-electron chi connectivity index (χ0n) is 15.4. The summed E-state index contributed by atoms with van der Waals surface area (Å²) in [4.78, 5) is 9.06. The molecule has 0 amide bonds. The first-order valence-electron chi connectivity index (χ1n) is 9.32. The summed E-state index contributed by atoms with van der Waals surface area (Å²) in [5.74, 6) is 0.419. The van der Waals surface area contributed by atoms with Gasteiger partial charge < -0.3 is 4.57 Å². The largest absolute Gasteiger partial charge is 0.336 e. The first-order valence-corrected chi connectivity index (χ1v) is 9.70. The van der Waals surface area contributed by atoms with E-state index in [2.05, 4.69) is 42.2 Å². The number of pyridine rings is 1. The number of nitrogens with zero attached hydrogens (tertiary/aromatic N) is 5. The van der Waals surface area contributed by atoms with E-state index in [0.29, 0.717) is 5.92 Å². The smallest absolute Gasteiger partial charge is 0.115 e. The van der Waals surface area contributed by atoms with Gasteiger partial charge in [-0.3, -0.25) is 10.1 Å². The van der Waals surface area contributed by atoms with Crippen LogP contribution in [0, 0.1) is 6.92 Å². The predicted octanol–water partition coefficient (Wildman–Crippen LogP) is 4.42. The van der Waals surface area contributed by atoms with Gasteiger partial charge in [0.25, 0.3) is 0 Å². The highest BCUT2D eigenvalue weighted by molar-refractivity contribution is 6.31. The number of rotatable bonds is 4. The highest BCUT2D eigenvalue weighted by atomic mass is 35.5. The van der Waals surface area contributed by atoms with Crippen LogP contribution >= 0.6 is 11.6 Å². The Bertz CT molecular complexity index is 1150. The number of H-pyrrole nitrogens is 1. The van der Waals surface area contributed by atoms with Crippen LogP contribution in [-0.4, -0.2) is 29.9 Å². The summed E-state index contributed by atoms with van der Waals surface area (Å²) in [6.07, 6.45) is 7.91. The van der Waals surface area contributed by atoms with Gasteiger partial charge in [0.05, 0.1) is 17.7 Å². The van der Waals surface area contributed by atoms with Crippen LogP contribution in [0.2, 0.25) is 5.02 Å². The molecule has 0 saturated heterocycles. The SMILES string of the molecule is Cc1[nH]nnc1-c1ccnc(-c2cn(C[C@@H]3CCc4cccc(Cl)c43)cn2)c1. The van der Waals surface area contributed by atoms with Gasteiger partial charge in [-0.05, 0) is 49.1 Å². The van der Waals surface area contributed by atoms with E-state index in [-0.39, 0.29) is 0 Å². The Labute approximate surface area is 167 Å². The minimum atomic E-state index is 0.419. The van der Waals surface area contributed by atoms with Crippen LogP contribution in [0.3, 0.4) is 0 Å². The molecular weight excluding hydrogens is 372 g/mol. The van der Waals surface area contributed by atoms with Crippen molar-refractivity contribution in [1.29, 1.82) is 0 Å². The molecule has 6 nitrogen and oxygen atoms in total. The number of hydrogen-bond donors (Lipinski definition) is 1. The molecule has 0 bridgehead atoms. The Morgan fingerprint density at radius 3 is 3.00 bits per heavy atom. The van der Waals surface area contributed by atoms with Crippen molar-refractivity contribution in [2.24, 2.45) is 0 Å². The van der Waals surface area contributed by atoms with E-state index in [4.69, 9.17) is 11.6 Å². The molecule has 28 heavy (non-hydrogen) atoms. The molecule has 0 radical (unpaired) electrons. The molecule has 140 valence electrons. The predicted molar refractivity (Wildman–Crippen MR) is 108 cm³/mol. The Hall–Kier alpha value is -2.99. The van der Waals surface area contributed by atoms with E-state index in [0.717, 1.165) is 52.7 Å². The molecule has 1 aliphatic carbocycles. The molecule has 1 N–H and O–H groups in total. The zero-order chi connectivity index (χ0) is 19.1. The van der Waals surface area contributed by atoms with E-state index in [1.165, 1.54) is 11.1 Å². The van der Waals surface area contributed by atoms with Crippen LogP contribution in [0.5, 0.6) is 0 Å². The second kappa shape index (κ2) is 6.87. The highest BCUT2D eigenvalue weighted by Gasteiger charge is 2.25. The fourth-order valence-electron chi connectivity index (χ4n) is 4.03. The third-order valence-corrected chi connectivity index (χ3v) is 5.73. The molecule has 5 rings (SSSR count). The third kappa shape index (κ3) is 2.99. The van der Waals surface area contributed by atoms with Gasteiger partial charge in [-0.15, -0.1) is 5.10 Å². The molecule has 1 aromatic carbocycles. The Morgan fingerprint density at radius 2 is 2.14 bits per heavy atom. The van der Waals surface area contributed by atoms with E-state index in [9.17, 15) is 0 Å². The average Bonchev–Trinajstić information content (AvgIpc) is 3.43. The van der Waals surface area contributed by atoms with Crippen LogP contribution in [0.1, 0.15) is 29.2 Å². The zero-order valence-corrected chi connectivity index (χ0v) is 16.2. The molecule has 0 saturated carbocycles. The van der Waals surface area contributed by atoms with Crippen molar-refractivity contribution in [3.8, 4) is 22.6 Å². The fraction of sp³-hybridized carbons (Fsp3) is 0.238. The van der Waals surface area contributed by atoms with Gasteiger partial charge in [-0.2, -0.15) is 0 Å². The van der Waals surface area contributed by atoms with Gasteiger partial charge in [-0.1, -0.05) is 28.9 Å². The lowest BCUT2D eigenvalue weighted by molar-refractivity contribution is 0.555. The third-order valence-electron chi connectivity index (χ3n) is 5.40. The van der Waals surface area contributed by atoms with Gasteiger partial charge in [0.1, 0.15) is 11.4 Å². The van der Waals surface area contributed by atoms with Crippen molar-refractivity contribution in [2.75, 3.05) is 0 Å². The monoisotopic (exact) mass is 390 g/mol. The van der Waals surface area contributed by atoms with Gasteiger partial charge >= 0.3 is 0 Å². The van der Waals surface area contributed by atoms with Crippen molar-refractivity contribution in [2.45, 2.75) is 32.2 Å². The summed E-state index contributed by atoms with van der Waals surface area (Å²) in [7, 11) is 0. The number of aromatic nitrogens is 6. The van der Waals surface area contributed by atoms with E-state index < -0.39 is 0 Å². The quantitative estimate of drug-likeness (QED) is 0.559. The summed E-state index contributed by atoms with van der Waals surface area (Å²) in [6.45, 7) is 2.82. The molecule has 1 aliphatic rings. The Balaban J connectivity index is 1.40. The van der Waals surface area contributed by atoms with Crippen molar-refractivity contribution in [1.82, 2.24) is 29.9 Å². The summed E-state index contributed by atoms with van der Waals surface area (Å²) in [5, 5.41) is 11.8. The number of halogens is 1. The maximum Gasteiger partial charge on any atom is 0.115 e. The van der Waals surface area contributed by atoms with Crippen molar-refractivity contribution < 1.29 is 0 Å². The summed E-state index contributed by atoms with van der Waals surface area (Å²) < 4.78 is 2.13. The topological polar surface area (TPSA) is 72.3 Å². The number of hydrogen-bond acceptors (Lipinski definition) is 4. The van der Waals surface area contributed by atoms with Crippen LogP contribution in [-0.2, 0) is 13.0 Å². The number of aromatic amines is 1. The maximum absolute atomic E-state index is 6.46. The molecule has 1 atom stereocenters. The van der Waals surface area contributed by atoms with Crippen LogP contribution < -0.4 is 0 Å². The van der Waals surface area contributed by atoms with Crippen molar-refractivity contribution in [3.63, 3.8) is 0 Å². The normalized spacial score (nSPS) is 15.7. The van der Waals surface area contributed by atoms with Crippen LogP contribution in [0.15, 0.2) is 49.1 Å². The molecular formula is C21H19ClN6. The minimum absolute atomic E-state index is 0.419. The lowest BCUT2D eigenvalue weighted by atomic mass is 10.0. The van der Waals surface area contributed by atoms with Gasteiger partial charge in [0, 0.05) is 35.4 Å². The van der Waals surface area contributed by atoms with Gasteiger partial charge in [0.15, 0.2) is 0 Å². The Morgan fingerprint density at radius 1 is 1.21 bits per heavy atom. The second-order valence-corrected chi connectivity index (χ2v) is 7.63. The first kappa shape index (κ1) is 17.1. The standard InChI is InChI=1S/C21H19ClN6/c1-13-21(26-27-25-13)15-7-8-23-18(9-15)19-11-28(12-24-19)10-16-6-5-14-3-2-4-17(22)20(14)16/h2-4,7-9,11-12,16H,5-6,10H2,1H3,(H,25,26,27)/t16-/m0/s1. The number of benzene rings is 1. The van der Waals surface area contributed by atoms with Crippen molar-refractivity contribution >= 4 is 11.6 Å². The molecule has 3 aromatic heterocycles. The molecule has 0 spiro atoms. The number of nitrogens with one attached hydrogen (secondary N) is 1. The molecule has 0 fully saturated rings. The minimum Gasteiger partial charge on any atom is -0.336 e. The first-order chi connectivity index (χ1) is 13.7. The molecule has 0 aliphatic heterocycles. The van der Waals surface area contributed by atoms with Gasteiger partial charge in [0.2, 0.25) is 0 Å². The maximum atomic E-state index is 6.46. The van der Waals surface area contributed by atoms with E-state index in [1.807, 2.05) is 37.5 Å². The average molecular weight is 391 g/mol. The number of aryl methyl sites for hydroxylation is 2. The second-order valence-electron chi connectivity index (χ2n) is 7.22. The molecule has 7 heteroatoms. The van der Waals surface area contributed by atoms with E-state index in [1.54, 1.807) is 6.20 Å². The molecule has 4 aromatic rings. The van der Waals surface area contributed by atoms with E-state index >= 15 is 0 Å². The van der Waals surface area contributed by atoms with Crippen LogP contribution in [0.4, 0.5) is 0 Å². The Kier molecular flexibility index (Phi) is 4.20. The lowest BCUT2D eigenvalue weighted by Gasteiger charge is -2.13. The van der Waals surface area contributed by atoms with Crippen LogP contribution in [0.25, 0.3) is 22.6 Å². The lowest BCUT2D eigenvalue weighted by Crippen LogP contribution is -2.05.